The fraction of sp³-hybridized carbons (Fsp3) is 0.231. The van der Waals surface area contributed by atoms with Gasteiger partial charge in [-0.25, -0.2) is 4.98 Å². The molecule has 2 rings (SSSR count). The second kappa shape index (κ2) is 6.94. The zero-order chi connectivity index (χ0) is 15.4. The summed E-state index contributed by atoms with van der Waals surface area (Å²) >= 11 is 1.89. The SMILES string of the molecule is COCc1nc(-c2ccc(OC(F)F)cc2)[nH]c(=O)c1I. The summed E-state index contributed by atoms with van der Waals surface area (Å²) in [6, 6.07) is 5.85. The van der Waals surface area contributed by atoms with Gasteiger partial charge in [0.1, 0.15) is 15.1 Å². The summed E-state index contributed by atoms with van der Waals surface area (Å²) in [5, 5.41) is 0. The highest BCUT2D eigenvalue weighted by atomic mass is 127. The van der Waals surface area contributed by atoms with E-state index in [9.17, 15) is 13.6 Å². The van der Waals surface area contributed by atoms with Gasteiger partial charge in [0, 0.05) is 12.7 Å². The van der Waals surface area contributed by atoms with Gasteiger partial charge in [-0.1, -0.05) is 0 Å². The van der Waals surface area contributed by atoms with Crippen LogP contribution in [-0.4, -0.2) is 23.7 Å². The molecule has 0 bridgehead atoms. The van der Waals surface area contributed by atoms with Crippen molar-refractivity contribution in [2.75, 3.05) is 7.11 Å². The number of ether oxygens (including phenoxy) is 2. The van der Waals surface area contributed by atoms with Crippen LogP contribution in [0, 0.1) is 3.57 Å². The molecule has 0 unspecified atom stereocenters. The summed E-state index contributed by atoms with van der Waals surface area (Å²) in [6.45, 7) is -2.66. The summed E-state index contributed by atoms with van der Waals surface area (Å²) in [5.74, 6) is 0.384. The highest BCUT2D eigenvalue weighted by Crippen LogP contribution is 2.21. The van der Waals surface area contributed by atoms with Crippen LogP contribution in [0.3, 0.4) is 0 Å². The lowest BCUT2D eigenvalue weighted by atomic mass is 10.2. The zero-order valence-electron chi connectivity index (χ0n) is 10.9. The molecule has 0 aliphatic rings. The third-order valence-electron chi connectivity index (χ3n) is 2.57. The van der Waals surface area contributed by atoms with Gasteiger partial charge in [-0.3, -0.25) is 4.79 Å². The maximum atomic E-state index is 12.1. The average Bonchev–Trinajstić information content (AvgIpc) is 2.44. The molecule has 0 saturated carbocycles. The van der Waals surface area contributed by atoms with Crippen LogP contribution in [0.2, 0.25) is 0 Å². The minimum Gasteiger partial charge on any atom is -0.435 e. The van der Waals surface area contributed by atoms with Crippen LogP contribution < -0.4 is 10.3 Å². The maximum Gasteiger partial charge on any atom is 0.387 e. The van der Waals surface area contributed by atoms with Crippen molar-refractivity contribution in [1.82, 2.24) is 9.97 Å². The van der Waals surface area contributed by atoms with E-state index in [4.69, 9.17) is 4.74 Å². The first kappa shape index (κ1) is 15.8. The van der Waals surface area contributed by atoms with Crippen molar-refractivity contribution in [3.63, 3.8) is 0 Å². The highest BCUT2D eigenvalue weighted by Gasteiger charge is 2.11. The highest BCUT2D eigenvalue weighted by molar-refractivity contribution is 14.1. The van der Waals surface area contributed by atoms with Crippen molar-refractivity contribution < 1.29 is 18.3 Å². The molecule has 112 valence electrons. The van der Waals surface area contributed by atoms with Crippen LogP contribution >= 0.6 is 22.6 Å². The number of alkyl halides is 2. The fourth-order valence-corrected chi connectivity index (χ4v) is 2.08. The van der Waals surface area contributed by atoms with Crippen molar-refractivity contribution in [2.24, 2.45) is 0 Å². The van der Waals surface area contributed by atoms with E-state index in [0.29, 0.717) is 20.7 Å². The molecular weight excluding hydrogens is 397 g/mol. The van der Waals surface area contributed by atoms with Crippen molar-refractivity contribution in [3.8, 4) is 17.1 Å². The lowest BCUT2D eigenvalue weighted by Crippen LogP contribution is -2.16. The summed E-state index contributed by atoms with van der Waals surface area (Å²) < 4.78 is 33.9. The molecule has 2 aromatic rings. The van der Waals surface area contributed by atoms with E-state index >= 15 is 0 Å². The summed E-state index contributed by atoms with van der Waals surface area (Å²) in [4.78, 5) is 18.8. The quantitative estimate of drug-likeness (QED) is 0.774. The molecule has 0 fully saturated rings. The van der Waals surface area contributed by atoms with E-state index in [1.165, 1.54) is 19.2 Å². The molecular formula is C13H11F2IN2O3. The Morgan fingerprint density at radius 1 is 1.33 bits per heavy atom. The number of benzene rings is 1. The first-order chi connectivity index (χ1) is 10.0. The number of hydrogen-bond donors (Lipinski definition) is 1. The van der Waals surface area contributed by atoms with Gasteiger partial charge in [0.25, 0.3) is 5.56 Å². The number of halogens is 3. The maximum absolute atomic E-state index is 12.1. The van der Waals surface area contributed by atoms with Gasteiger partial charge in [-0.05, 0) is 46.9 Å². The Morgan fingerprint density at radius 3 is 2.57 bits per heavy atom. The molecule has 5 nitrogen and oxygen atoms in total. The third kappa shape index (κ3) is 3.97. The van der Waals surface area contributed by atoms with Gasteiger partial charge in [0.2, 0.25) is 0 Å². The van der Waals surface area contributed by atoms with Gasteiger partial charge in [0.05, 0.1) is 12.3 Å². The molecule has 0 atom stereocenters. The predicted octanol–water partition coefficient (Wildman–Crippen LogP) is 2.79. The Morgan fingerprint density at radius 2 is 2.00 bits per heavy atom. The molecule has 0 aliphatic carbocycles. The second-order valence-corrected chi connectivity index (χ2v) is 5.09. The molecule has 0 amide bonds. The molecule has 0 spiro atoms. The van der Waals surface area contributed by atoms with E-state index < -0.39 is 6.61 Å². The number of rotatable bonds is 5. The van der Waals surface area contributed by atoms with E-state index in [0.717, 1.165) is 0 Å². The molecule has 21 heavy (non-hydrogen) atoms. The molecule has 1 N–H and O–H groups in total. The molecule has 0 radical (unpaired) electrons. The molecule has 1 heterocycles. The number of hydrogen-bond acceptors (Lipinski definition) is 4. The van der Waals surface area contributed by atoms with Crippen molar-refractivity contribution in [3.05, 3.63) is 43.9 Å². The number of methoxy groups -OCH3 is 1. The number of aromatic nitrogens is 2. The van der Waals surface area contributed by atoms with E-state index in [1.807, 2.05) is 22.6 Å². The molecule has 0 aliphatic heterocycles. The van der Waals surface area contributed by atoms with Crippen molar-refractivity contribution in [2.45, 2.75) is 13.2 Å². The molecule has 1 aromatic carbocycles. The Kier molecular flexibility index (Phi) is 5.23. The first-order valence-electron chi connectivity index (χ1n) is 5.84. The standard InChI is InChI=1S/C13H11F2IN2O3/c1-20-6-9-10(16)12(19)18-11(17-9)7-2-4-8(5-3-7)21-13(14)15/h2-5,13H,6H2,1H3,(H,17,18,19). The Hall–Kier alpha value is -1.55. The minimum atomic E-state index is -2.87. The number of H-pyrrole nitrogens is 1. The van der Waals surface area contributed by atoms with Gasteiger partial charge < -0.3 is 14.5 Å². The van der Waals surface area contributed by atoms with Crippen LogP contribution in [0.15, 0.2) is 29.1 Å². The Bertz CT molecular complexity index is 674. The molecule has 0 saturated heterocycles. The zero-order valence-corrected chi connectivity index (χ0v) is 13.1. The van der Waals surface area contributed by atoms with E-state index in [2.05, 4.69) is 14.7 Å². The van der Waals surface area contributed by atoms with Crippen LogP contribution in [0.4, 0.5) is 8.78 Å². The second-order valence-electron chi connectivity index (χ2n) is 4.01. The molecule has 1 aromatic heterocycles. The average molecular weight is 408 g/mol. The molecule has 8 heteroatoms. The van der Waals surface area contributed by atoms with E-state index in [1.54, 1.807) is 12.1 Å². The number of nitrogens with zero attached hydrogens (tertiary/aromatic N) is 1. The van der Waals surface area contributed by atoms with Crippen LogP contribution in [0.1, 0.15) is 5.69 Å². The van der Waals surface area contributed by atoms with Gasteiger partial charge in [-0.2, -0.15) is 8.78 Å². The lowest BCUT2D eigenvalue weighted by Gasteiger charge is -2.08. The Balaban J connectivity index is 2.35. The van der Waals surface area contributed by atoms with Gasteiger partial charge >= 0.3 is 6.61 Å². The fourth-order valence-electron chi connectivity index (χ4n) is 1.67. The smallest absolute Gasteiger partial charge is 0.387 e. The van der Waals surface area contributed by atoms with Crippen LogP contribution in [0.5, 0.6) is 5.75 Å². The topological polar surface area (TPSA) is 64.2 Å². The minimum absolute atomic E-state index is 0.0405. The summed E-state index contributed by atoms with van der Waals surface area (Å²) in [5.41, 5.74) is 0.827. The lowest BCUT2D eigenvalue weighted by molar-refractivity contribution is -0.0498. The van der Waals surface area contributed by atoms with E-state index in [-0.39, 0.29) is 17.9 Å². The predicted molar refractivity (Wildman–Crippen MR) is 80.4 cm³/mol. The van der Waals surface area contributed by atoms with Crippen LogP contribution in [0.25, 0.3) is 11.4 Å². The summed E-state index contributed by atoms with van der Waals surface area (Å²) in [7, 11) is 1.51. The van der Waals surface area contributed by atoms with Gasteiger partial charge in [-0.15, -0.1) is 0 Å². The van der Waals surface area contributed by atoms with Crippen molar-refractivity contribution >= 4 is 22.6 Å². The Labute approximate surface area is 132 Å². The monoisotopic (exact) mass is 408 g/mol. The number of nitrogens with one attached hydrogen (secondary N) is 1. The third-order valence-corrected chi connectivity index (χ3v) is 3.68. The van der Waals surface area contributed by atoms with Gasteiger partial charge in [0.15, 0.2) is 0 Å². The normalized spacial score (nSPS) is 10.9. The van der Waals surface area contributed by atoms with Crippen LogP contribution in [-0.2, 0) is 11.3 Å². The largest absolute Gasteiger partial charge is 0.435 e. The number of aromatic amines is 1. The first-order valence-corrected chi connectivity index (χ1v) is 6.92. The summed E-state index contributed by atoms with van der Waals surface area (Å²) in [6.07, 6.45) is 0. The van der Waals surface area contributed by atoms with Crippen molar-refractivity contribution in [1.29, 1.82) is 0 Å².